The Morgan fingerprint density at radius 3 is 2.58 bits per heavy atom. The molecule has 0 saturated carbocycles. The number of benzene rings is 1. The zero-order valence-corrected chi connectivity index (χ0v) is 14.1. The van der Waals surface area contributed by atoms with Gasteiger partial charge < -0.3 is 18.8 Å². The third kappa shape index (κ3) is 3.34. The molecule has 0 amide bonds. The van der Waals surface area contributed by atoms with Crippen molar-refractivity contribution in [3.63, 3.8) is 0 Å². The molecule has 1 atom stereocenters. The van der Waals surface area contributed by atoms with Gasteiger partial charge in [0.2, 0.25) is 0 Å². The topological polar surface area (TPSA) is 75.5 Å². The fourth-order valence-electron chi connectivity index (χ4n) is 2.87. The highest BCUT2D eigenvalue weighted by Gasteiger charge is 2.23. The number of nitrogens with zero attached hydrogens (tertiary/aromatic N) is 3. The summed E-state index contributed by atoms with van der Waals surface area (Å²) in [6, 6.07) is 5.01. The molecular weight excluding hydrogens is 310 g/mol. The highest BCUT2D eigenvalue weighted by Crippen LogP contribution is 2.24. The van der Waals surface area contributed by atoms with Crippen molar-refractivity contribution in [2.24, 2.45) is 5.92 Å². The summed E-state index contributed by atoms with van der Waals surface area (Å²) in [6.07, 6.45) is 1.79. The first-order valence-electron chi connectivity index (χ1n) is 7.89. The molecule has 7 heteroatoms. The summed E-state index contributed by atoms with van der Waals surface area (Å²) in [5.41, 5.74) is 0.420. The van der Waals surface area contributed by atoms with Crippen LogP contribution in [-0.2, 0) is 17.7 Å². The van der Waals surface area contributed by atoms with Crippen LogP contribution in [0.3, 0.4) is 0 Å². The van der Waals surface area contributed by atoms with E-state index in [-0.39, 0.29) is 11.9 Å². The molecule has 0 radical (unpaired) electrons. The fraction of sp³-hybridized carbons (Fsp3) is 0.471. The summed E-state index contributed by atoms with van der Waals surface area (Å²) in [5, 5.41) is 8.24. The van der Waals surface area contributed by atoms with E-state index in [2.05, 4.69) is 14.8 Å². The molecule has 0 fully saturated rings. The SMILES string of the molecule is COc1cc(OC)cc(C(=O)OC[C@@H]2CCc3nnc(C)n3C2)c1. The lowest BCUT2D eigenvalue weighted by Gasteiger charge is -2.23. The monoisotopic (exact) mass is 331 g/mol. The molecule has 1 aliphatic heterocycles. The van der Waals surface area contributed by atoms with Crippen LogP contribution in [0.5, 0.6) is 11.5 Å². The average molecular weight is 331 g/mol. The number of aromatic nitrogens is 3. The minimum atomic E-state index is -0.376. The maximum atomic E-state index is 12.3. The number of hydrogen-bond acceptors (Lipinski definition) is 6. The van der Waals surface area contributed by atoms with E-state index in [4.69, 9.17) is 14.2 Å². The van der Waals surface area contributed by atoms with Gasteiger partial charge in [0, 0.05) is 24.9 Å². The number of hydrogen-bond donors (Lipinski definition) is 0. The van der Waals surface area contributed by atoms with Crippen molar-refractivity contribution >= 4 is 5.97 Å². The second-order valence-electron chi connectivity index (χ2n) is 5.88. The molecule has 3 rings (SSSR count). The van der Waals surface area contributed by atoms with E-state index in [9.17, 15) is 4.79 Å². The van der Waals surface area contributed by atoms with Crippen LogP contribution < -0.4 is 9.47 Å². The molecule has 128 valence electrons. The standard InChI is InChI=1S/C17H21N3O4/c1-11-18-19-16-5-4-12(9-20(11)16)10-24-17(21)13-6-14(22-2)8-15(7-13)23-3/h6-8,12H,4-5,9-10H2,1-3H3/t12-/m1/s1. The molecule has 0 spiro atoms. The van der Waals surface area contributed by atoms with Gasteiger partial charge in [-0.25, -0.2) is 4.79 Å². The van der Waals surface area contributed by atoms with E-state index in [0.29, 0.717) is 23.7 Å². The Hall–Kier alpha value is -2.57. The molecule has 0 unspecified atom stereocenters. The number of carbonyl (C=O) groups is 1. The van der Waals surface area contributed by atoms with Crippen molar-refractivity contribution in [1.82, 2.24) is 14.8 Å². The highest BCUT2D eigenvalue weighted by atomic mass is 16.5. The Morgan fingerprint density at radius 1 is 1.21 bits per heavy atom. The number of carbonyl (C=O) groups excluding carboxylic acids is 1. The van der Waals surface area contributed by atoms with Crippen molar-refractivity contribution in [1.29, 1.82) is 0 Å². The summed E-state index contributed by atoms with van der Waals surface area (Å²) < 4.78 is 17.9. The summed E-state index contributed by atoms with van der Waals surface area (Å²) in [6.45, 7) is 3.09. The zero-order valence-electron chi connectivity index (χ0n) is 14.1. The molecule has 24 heavy (non-hydrogen) atoms. The van der Waals surface area contributed by atoms with E-state index in [0.717, 1.165) is 31.0 Å². The van der Waals surface area contributed by atoms with Gasteiger partial charge in [-0.2, -0.15) is 0 Å². The summed E-state index contributed by atoms with van der Waals surface area (Å²) in [7, 11) is 3.09. The lowest BCUT2D eigenvalue weighted by molar-refractivity contribution is 0.0408. The Kier molecular flexibility index (Phi) is 4.69. The maximum Gasteiger partial charge on any atom is 0.338 e. The molecule has 1 aromatic carbocycles. The van der Waals surface area contributed by atoms with Gasteiger partial charge in [-0.1, -0.05) is 0 Å². The summed E-state index contributed by atoms with van der Waals surface area (Å²) in [4.78, 5) is 12.3. The van der Waals surface area contributed by atoms with Gasteiger partial charge in [0.25, 0.3) is 0 Å². The van der Waals surface area contributed by atoms with Gasteiger partial charge in [-0.15, -0.1) is 10.2 Å². The molecule has 2 heterocycles. The van der Waals surface area contributed by atoms with Crippen LogP contribution in [0.15, 0.2) is 18.2 Å². The Balaban J connectivity index is 1.63. The van der Waals surface area contributed by atoms with Crippen LogP contribution >= 0.6 is 0 Å². The minimum absolute atomic E-state index is 0.267. The van der Waals surface area contributed by atoms with E-state index in [1.807, 2.05) is 6.92 Å². The van der Waals surface area contributed by atoms with Crippen molar-refractivity contribution in [3.8, 4) is 11.5 Å². The molecule has 1 aliphatic rings. The molecule has 0 aliphatic carbocycles. The molecule has 0 N–H and O–H groups in total. The van der Waals surface area contributed by atoms with Crippen LogP contribution in [0.25, 0.3) is 0 Å². The first kappa shape index (κ1) is 16.3. The van der Waals surface area contributed by atoms with Crippen molar-refractivity contribution < 1.29 is 19.0 Å². The first-order chi connectivity index (χ1) is 11.6. The van der Waals surface area contributed by atoms with Gasteiger partial charge in [0.05, 0.1) is 26.4 Å². The van der Waals surface area contributed by atoms with E-state index < -0.39 is 0 Å². The number of methoxy groups -OCH3 is 2. The molecule has 1 aromatic heterocycles. The van der Waals surface area contributed by atoms with E-state index >= 15 is 0 Å². The Bertz CT molecular complexity index is 719. The normalized spacial score (nSPS) is 16.4. The lowest BCUT2D eigenvalue weighted by Crippen LogP contribution is -2.26. The van der Waals surface area contributed by atoms with Crippen LogP contribution in [0.4, 0.5) is 0 Å². The van der Waals surface area contributed by atoms with Crippen LogP contribution in [0.2, 0.25) is 0 Å². The third-order valence-electron chi connectivity index (χ3n) is 4.27. The molecule has 0 bridgehead atoms. The minimum Gasteiger partial charge on any atom is -0.497 e. The smallest absolute Gasteiger partial charge is 0.338 e. The van der Waals surface area contributed by atoms with Crippen LogP contribution in [-0.4, -0.2) is 41.6 Å². The van der Waals surface area contributed by atoms with Crippen molar-refractivity contribution in [2.45, 2.75) is 26.3 Å². The number of ether oxygens (including phenoxy) is 3. The number of esters is 1. The van der Waals surface area contributed by atoms with Crippen LogP contribution in [0, 0.1) is 12.8 Å². The number of aryl methyl sites for hydroxylation is 2. The summed E-state index contributed by atoms with van der Waals surface area (Å²) in [5.74, 6) is 2.92. The predicted octanol–water partition coefficient (Wildman–Crippen LogP) is 2.02. The molecule has 0 saturated heterocycles. The van der Waals surface area contributed by atoms with Gasteiger partial charge in [0.1, 0.15) is 23.1 Å². The van der Waals surface area contributed by atoms with Gasteiger partial charge in [-0.05, 0) is 25.5 Å². The van der Waals surface area contributed by atoms with Gasteiger partial charge in [-0.3, -0.25) is 0 Å². The second kappa shape index (κ2) is 6.90. The van der Waals surface area contributed by atoms with Crippen molar-refractivity contribution in [2.75, 3.05) is 20.8 Å². The number of fused-ring (bicyclic) bond motifs is 1. The van der Waals surface area contributed by atoms with E-state index in [1.54, 1.807) is 32.4 Å². The largest absolute Gasteiger partial charge is 0.497 e. The average Bonchev–Trinajstić information content (AvgIpc) is 2.99. The third-order valence-corrected chi connectivity index (χ3v) is 4.27. The van der Waals surface area contributed by atoms with Crippen molar-refractivity contribution in [3.05, 3.63) is 35.4 Å². The highest BCUT2D eigenvalue weighted by molar-refractivity contribution is 5.90. The Labute approximate surface area is 140 Å². The van der Waals surface area contributed by atoms with Gasteiger partial charge >= 0.3 is 5.97 Å². The van der Waals surface area contributed by atoms with E-state index in [1.165, 1.54) is 0 Å². The number of rotatable bonds is 5. The second-order valence-corrected chi connectivity index (χ2v) is 5.88. The lowest BCUT2D eigenvalue weighted by atomic mass is 10.0. The van der Waals surface area contributed by atoms with Gasteiger partial charge in [0.15, 0.2) is 0 Å². The van der Waals surface area contributed by atoms with Crippen LogP contribution in [0.1, 0.15) is 28.4 Å². The Morgan fingerprint density at radius 2 is 1.92 bits per heavy atom. The fourth-order valence-corrected chi connectivity index (χ4v) is 2.87. The molecule has 7 nitrogen and oxygen atoms in total. The molecule has 2 aromatic rings. The zero-order chi connectivity index (χ0) is 17.1. The molecular formula is C17H21N3O4. The maximum absolute atomic E-state index is 12.3. The predicted molar refractivity (Wildman–Crippen MR) is 86.4 cm³/mol. The quantitative estimate of drug-likeness (QED) is 0.780. The first-order valence-corrected chi connectivity index (χ1v) is 7.89. The summed E-state index contributed by atoms with van der Waals surface area (Å²) >= 11 is 0.